The first kappa shape index (κ1) is 13.3. The fourth-order valence-electron chi connectivity index (χ4n) is 2.08. The van der Waals surface area contributed by atoms with E-state index >= 15 is 0 Å². The van der Waals surface area contributed by atoms with Crippen molar-refractivity contribution in [3.63, 3.8) is 0 Å². The second-order valence-corrected chi connectivity index (χ2v) is 5.20. The lowest BCUT2D eigenvalue weighted by Gasteiger charge is -2.14. The first-order chi connectivity index (χ1) is 8.54. The van der Waals surface area contributed by atoms with Gasteiger partial charge in [0.15, 0.2) is 0 Å². The van der Waals surface area contributed by atoms with Crippen molar-refractivity contribution in [1.29, 1.82) is 0 Å². The summed E-state index contributed by atoms with van der Waals surface area (Å²) in [5.41, 5.74) is 7.53. The quantitative estimate of drug-likeness (QED) is 0.875. The number of anilines is 1. The minimum atomic E-state index is -0.0241. The van der Waals surface area contributed by atoms with Crippen molar-refractivity contribution in [3.05, 3.63) is 28.8 Å². The molecule has 1 amide bonds. The van der Waals surface area contributed by atoms with Crippen LogP contribution in [0, 0.1) is 6.92 Å². The smallest absolute Gasteiger partial charge is 0.238 e. The number of benzene rings is 1. The molecule has 98 valence electrons. The number of carbonyl (C=O) groups is 1. The molecule has 1 aliphatic heterocycles. The molecule has 0 aromatic heterocycles. The number of nitrogens with two attached hydrogens (primary N) is 1. The minimum absolute atomic E-state index is 0.0241. The third kappa shape index (κ3) is 3.45. The summed E-state index contributed by atoms with van der Waals surface area (Å²) in [6.07, 6.45) is 0.962. The molecule has 1 heterocycles. The molecular weight excluding hydrogens is 250 g/mol. The summed E-state index contributed by atoms with van der Waals surface area (Å²) < 4.78 is 0. The van der Waals surface area contributed by atoms with Crippen LogP contribution in [-0.2, 0) is 4.79 Å². The third-order valence-corrected chi connectivity index (χ3v) is 3.54. The van der Waals surface area contributed by atoms with Crippen molar-refractivity contribution < 1.29 is 4.79 Å². The molecule has 1 fully saturated rings. The van der Waals surface area contributed by atoms with Gasteiger partial charge in [-0.25, -0.2) is 0 Å². The predicted molar refractivity (Wildman–Crippen MR) is 73.9 cm³/mol. The number of carbonyl (C=O) groups excluding carboxylic acids is 1. The van der Waals surface area contributed by atoms with Crippen LogP contribution in [0.5, 0.6) is 0 Å². The van der Waals surface area contributed by atoms with Crippen molar-refractivity contribution >= 4 is 23.2 Å². The molecule has 0 unspecified atom stereocenters. The molecule has 1 aromatic rings. The van der Waals surface area contributed by atoms with Crippen molar-refractivity contribution in [2.45, 2.75) is 19.4 Å². The fourth-order valence-corrected chi connectivity index (χ4v) is 2.26. The number of likely N-dealkylation sites (tertiary alicyclic amines) is 1. The molecule has 5 heteroatoms. The Kier molecular flexibility index (Phi) is 4.22. The summed E-state index contributed by atoms with van der Waals surface area (Å²) in [6, 6.07) is 5.72. The van der Waals surface area contributed by atoms with E-state index in [0.717, 1.165) is 30.8 Å². The van der Waals surface area contributed by atoms with Crippen LogP contribution >= 0.6 is 11.6 Å². The number of nitrogens with one attached hydrogen (secondary N) is 1. The van der Waals surface area contributed by atoms with E-state index in [4.69, 9.17) is 17.3 Å². The Labute approximate surface area is 112 Å². The highest BCUT2D eigenvalue weighted by Gasteiger charge is 2.20. The second-order valence-electron chi connectivity index (χ2n) is 4.80. The van der Waals surface area contributed by atoms with E-state index in [1.54, 1.807) is 6.07 Å². The predicted octanol–water partition coefficient (Wildman–Crippen LogP) is 1.62. The summed E-state index contributed by atoms with van der Waals surface area (Å²) in [4.78, 5) is 13.9. The summed E-state index contributed by atoms with van der Waals surface area (Å²) in [5.74, 6) is -0.0241. The number of halogens is 1. The van der Waals surface area contributed by atoms with Gasteiger partial charge in [-0.3, -0.25) is 9.69 Å². The monoisotopic (exact) mass is 267 g/mol. The van der Waals surface area contributed by atoms with E-state index in [2.05, 4.69) is 10.2 Å². The van der Waals surface area contributed by atoms with E-state index in [1.807, 2.05) is 19.1 Å². The van der Waals surface area contributed by atoms with Gasteiger partial charge in [-0.1, -0.05) is 17.7 Å². The minimum Gasteiger partial charge on any atom is -0.326 e. The first-order valence-electron chi connectivity index (χ1n) is 6.08. The van der Waals surface area contributed by atoms with Crippen LogP contribution < -0.4 is 11.1 Å². The Morgan fingerprint density at radius 2 is 2.39 bits per heavy atom. The SMILES string of the molecule is Cc1ccc(NC(=O)CN2CC[C@@H](N)C2)cc1Cl. The molecule has 0 bridgehead atoms. The molecule has 0 aliphatic carbocycles. The fraction of sp³-hybridized carbons (Fsp3) is 0.462. The van der Waals surface area contributed by atoms with Gasteiger partial charge in [0.1, 0.15) is 0 Å². The maximum atomic E-state index is 11.8. The molecule has 0 saturated carbocycles. The van der Waals surface area contributed by atoms with Gasteiger partial charge in [-0.05, 0) is 31.0 Å². The maximum Gasteiger partial charge on any atom is 0.238 e. The molecule has 0 spiro atoms. The Morgan fingerprint density at radius 1 is 1.61 bits per heavy atom. The van der Waals surface area contributed by atoms with E-state index in [-0.39, 0.29) is 11.9 Å². The summed E-state index contributed by atoms with van der Waals surface area (Å²) >= 11 is 6.01. The van der Waals surface area contributed by atoms with Gasteiger partial charge in [0.25, 0.3) is 0 Å². The van der Waals surface area contributed by atoms with E-state index in [0.29, 0.717) is 11.6 Å². The number of hydrogen-bond acceptors (Lipinski definition) is 3. The molecular formula is C13H18ClN3O. The largest absolute Gasteiger partial charge is 0.326 e. The van der Waals surface area contributed by atoms with Gasteiger partial charge in [-0.2, -0.15) is 0 Å². The molecule has 4 nitrogen and oxygen atoms in total. The zero-order chi connectivity index (χ0) is 13.1. The third-order valence-electron chi connectivity index (χ3n) is 3.13. The highest BCUT2D eigenvalue weighted by atomic mass is 35.5. The number of aryl methyl sites for hydroxylation is 1. The number of hydrogen-bond donors (Lipinski definition) is 2. The van der Waals surface area contributed by atoms with Crippen molar-refractivity contribution in [3.8, 4) is 0 Å². The zero-order valence-corrected chi connectivity index (χ0v) is 11.2. The molecule has 1 saturated heterocycles. The summed E-state index contributed by atoms with van der Waals surface area (Å²) in [7, 11) is 0. The Balaban J connectivity index is 1.89. The maximum absolute atomic E-state index is 11.8. The van der Waals surface area contributed by atoms with Crippen LogP contribution in [0.15, 0.2) is 18.2 Å². The van der Waals surface area contributed by atoms with Gasteiger partial charge >= 0.3 is 0 Å². The standard InChI is InChI=1S/C13H18ClN3O/c1-9-2-3-11(6-12(9)14)16-13(18)8-17-5-4-10(15)7-17/h2-3,6,10H,4-5,7-8,15H2,1H3,(H,16,18)/t10-/m1/s1. The zero-order valence-electron chi connectivity index (χ0n) is 10.4. The highest BCUT2D eigenvalue weighted by molar-refractivity contribution is 6.31. The normalized spacial score (nSPS) is 20.1. The average Bonchev–Trinajstić information content (AvgIpc) is 2.69. The van der Waals surface area contributed by atoms with Gasteiger partial charge in [0.2, 0.25) is 5.91 Å². The Morgan fingerprint density at radius 3 is 3.00 bits per heavy atom. The van der Waals surface area contributed by atoms with Crippen molar-refractivity contribution in [1.82, 2.24) is 4.90 Å². The van der Waals surface area contributed by atoms with Gasteiger partial charge in [0, 0.05) is 29.8 Å². The Hall–Kier alpha value is -1.10. The lowest BCUT2D eigenvalue weighted by atomic mass is 10.2. The molecule has 1 aliphatic rings. The van der Waals surface area contributed by atoms with Crippen molar-refractivity contribution in [2.24, 2.45) is 5.73 Å². The number of rotatable bonds is 3. The topological polar surface area (TPSA) is 58.4 Å². The lowest BCUT2D eigenvalue weighted by molar-refractivity contribution is -0.117. The van der Waals surface area contributed by atoms with Crippen LogP contribution in [0.3, 0.4) is 0 Å². The summed E-state index contributed by atoms with van der Waals surface area (Å²) in [6.45, 7) is 4.00. The Bertz CT molecular complexity index is 450. The van der Waals surface area contributed by atoms with E-state index < -0.39 is 0 Å². The molecule has 0 radical (unpaired) electrons. The lowest BCUT2D eigenvalue weighted by Crippen LogP contribution is -2.33. The number of nitrogens with zero attached hydrogens (tertiary/aromatic N) is 1. The second kappa shape index (κ2) is 5.69. The van der Waals surface area contributed by atoms with Crippen LogP contribution in [0.2, 0.25) is 5.02 Å². The number of amides is 1. The first-order valence-corrected chi connectivity index (χ1v) is 6.46. The van der Waals surface area contributed by atoms with Gasteiger partial charge < -0.3 is 11.1 Å². The highest BCUT2D eigenvalue weighted by Crippen LogP contribution is 2.20. The van der Waals surface area contributed by atoms with Crippen molar-refractivity contribution in [2.75, 3.05) is 25.0 Å². The van der Waals surface area contributed by atoms with Crippen LogP contribution in [-0.4, -0.2) is 36.5 Å². The molecule has 1 aromatic carbocycles. The van der Waals surface area contributed by atoms with Crippen LogP contribution in [0.4, 0.5) is 5.69 Å². The van der Waals surface area contributed by atoms with E-state index in [9.17, 15) is 4.79 Å². The van der Waals surface area contributed by atoms with Gasteiger partial charge in [-0.15, -0.1) is 0 Å². The molecule has 2 rings (SSSR count). The molecule has 1 atom stereocenters. The van der Waals surface area contributed by atoms with Crippen LogP contribution in [0.1, 0.15) is 12.0 Å². The van der Waals surface area contributed by atoms with E-state index in [1.165, 1.54) is 0 Å². The van der Waals surface area contributed by atoms with Gasteiger partial charge in [0.05, 0.1) is 6.54 Å². The molecule has 18 heavy (non-hydrogen) atoms. The average molecular weight is 268 g/mol. The summed E-state index contributed by atoms with van der Waals surface area (Å²) in [5, 5.41) is 3.51. The molecule has 3 N–H and O–H groups in total. The van der Waals surface area contributed by atoms with Crippen LogP contribution in [0.25, 0.3) is 0 Å².